The molecule has 3 aliphatic heterocycles. The molecule has 5 aromatic rings. The van der Waals surface area contributed by atoms with Crippen LogP contribution in [0.1, 0.15) is 44.3 Å². The number of carbonyl (C=O) groups excluding carboxylic acids is 2. The number of aliphatic hydroxyl groups excluding tert-OH is 5. The van der Waals surface area contributed by atoms with Gasteiger partial charge in [-0.05, 0) is 47.9 Å². The van der Waals surface area contributed by atoms with Gasteiger partial charge in [-0.2, -0.15) is 0 Å². The minimum absolute atomic E-state index is 0.0508. The van der Waals surface area contributed by atoms with E-state index in [9.17, 15) is 35.1 Å². The number of aliphatic hydroxyl groups is 5. The van der Waals surface area contributed by atoms with E-state index >= 15 is 0 Å². The Kier molecular flexibility index (Phi) is 17.9. The normalized spacial score (nSPS) is 31.1. The fraction of sp³-hybridized carbons (Fsp3) is 0.396. The summed E-state index contributed by atoms with van der Waals surface area (Å²) in [6, 6.07) is 44.6. The van der Waals surface area contributed by atoms with Gasteiger partial charge in [0, 0.05) is 0 Å². The number of benzene rings is 5. The van der Waals surface area contributed by atoms with Gasteiger partial charge in [0.25, 0.3) is 0 Å². The zero-order chi connectivity index (χ0) is 49.0. The second-order valence-corrected chi connectivity index (χ2v) is 17.2. The number of esters is 2. The predicted octanol–water partition coefficient (Wildman–Crippen LogP) is 3.86. The molecule has 0 amide bonds. The van der Waals surface area contributed by atoms with E-state index in [1.807, 2.05) is 91.0 Å². The maximum absolute atomic E-state index is 13.3. The fourth-order valence-corrected chi connectivity index (χ4v) is 8.45. The number of carbonyl (C=O) groups is 2. The van der Waals surface area contributed by atoms with Crippen molar-refractivity contribution >= 4 is 11.9 Å². The van der Waals surface area contributed by atoms with Crippen molar-refractivity contribution in [3.8, 4) is 0 Å². The maximum Gasteiger partial charge on any atom is 0.338 e. The molecular weight excluding hydrogens is 909 g/mol. The Morgan fingerprint density at radius 1 is 0.429 bits per heavy atom. The highest BCUT2D eigenvalue weighted by Crippen LogP contribution is 2.36. The molecule has 3 fully saturated rings. The average Bonchev–Trinajstić information content (AvgIpc) is 3.39. The van der Waals surface area contributed by atoms with E-state index in [0.29, 0.717) is 0 Å². The first-order valence-electron chi connectivity index (χ1n) is 23.1. The van der Waals surface area contributed by atoms with E-state index in [2.05, 4.69) is 0 Å². The van der Waals surface area contributed by atoms with Crippen LogP contribution < -0.4 is 0 Å². The minimum atomic E-state index is -1.96. The zero-order valence-electron chi connectivity index (χ0n) is 38.3. The van der Waals surface area contributed by atoms with E-state index in [0.717, 1.165) is 16.7 Å². The van der Waals surface area contributed by atoms with Crippen molar-refractivity contribution in [1.29, 1.82) is 0 Å². The second-order valence-electron chi connectivity index (χ2n) is 17.2. The molecule has 3 heterocycles. The summed E-state index contributed by atoms with van der Waals surface area (Å²) < 4.78 is 62.7. The van der Waals surface area contributed by atoms with Crippen LogP contribution in [0.5, 0.6) is 0 Å². The van der Waals surface area contributed by atoms with Crippen molar-refractivity contribution in [3.05, 3.63) is 179 Å². The van der Waals surface area contributed by atoms with Crippen molar-refractivity contribution in [3.63, 3.8) is 0 Å². The Morgan fingerprint density at radius 3 is 1.36 bits per heavy atom. The predicted molar refractivity (Wildman–Crippen MR) is 246 cm³/mol. The van der Waals surface area contributed by atoms with Crippen LogP contribution in [0.3, 0.4) is 0 Å². The topological polar surface area (TPSA) is 228 Å². The van der Waals surface area contributed by atoms with Crippen LogP contribution in [0, 0.1) is 0 Å². The van der Waals surface area contributed by atoms with Gasteiger partial charge in [0.2, 0.25) is 0 Å². The molecule has 372 valence electrons. The first-order chi connectivity index (χ1) is 34.0. The van der Waals surface area contributed by atoms with E-state index in [1.54, 1.807) is 43.3 Å². The van der Waals surface area contributed by atoms with E-state index < -0.39 is 117 Å². The molecule has 0 spiro atoms. The monoisotopic (exact) mass is 966 g/mol. The van der Waals surface area contributed by atoms with E-state index in [4.69, 9.17) is 47.4 Å². The number of hydrogen-bond donors (Lipinski definition) is 5. The van der Waals surface area contributed by atoms with E-state index in [1.165, 1.54) is 24.3 Å². The van der Waals surface area contributed by atoms with Crippen molar-refractivity contribution in [2.45, 2.75) is 119 Å². The number of rotatable bonds is 19. The summed E-state index contributed by atoms with van der Waals surface area (Å²) in [7, 11) is 0. The van der Waals surface area contributed by atoms with Crippen LogP contribution >= 0.6 is 0 Å². The summed E-state index contributed by atoms with van der Waals surface area (Å²) >= 11 is 0. The molecule has 0 radical (unpaired) electrons. The Labute approximate surface area is 404 Å². The Morgan fingerprint density at radius 2 is 0.857 bits per heavy atom. The smallest absolute Gasteiger partial charge is 0.338 e. The van der Waals surface area contributed by atoms with Crippen LogP contribution in [-0.2, 0) is 67.2 Å². The highest BCUT2D eigenvalue weighted by atomic mass is 16.8. The summed E-state index contributed by atoms with van der Waals surface area (Å²) in [6.45, 7) is 0.982. The summed E-state index contributed by atoms with van der Waals surface area (Å²) in [5.41, 5.74) is 2.98. The third-order valence-electron chi connectivity index (χ3n) is 12.2. The van der Waals surface area contributed by atoms with Crippen molar-refractivity contribution in [2.24, 2.45) is 0 Å². The van der Waals surface area contributed by atoms with Gasteiger partial charge < -0.3 is 72.9 Å². The summed E-state index contributed by atoms with van der Waals surface area (Å²) in [5.74, 6) is -1.50. The highest BCUT2D eigenvalue weighted by molar-refractivity contribution is 5.89. The van der Waals surface area contributed by atoms with Gasteiger partial charge in [-0.25, -0.2) is 9.59 Å². The Hall–Kier alpha value is -5.48. The SMILES string of the molecule is CC1OC(OC2C(O)C(O)OC(COC(=O)c3ccccc3)C2OC2OC(COC(=O)c3ccccc3)C(O)C(O)C2O)C(OCc2ccccc2)C(OCc2ccccc2)C1OCc1ccccc1. The Balaban J connectivity index is 1.11. The lowest BCUT2D eigenvalue weighted by atomic mass is 9.95. The number of hydrogen-bond acceptors (Lipinski definition) is 17. The lowest BCUT2D eigenvalue weighted by Crippen LogP contribution is -2.67. The van der Waals surface area contributed by atoms with Gasteiger partial charge in [0.05, 0.1) is 37.1 Å². The van der Waals surface area contributed by atoms with Crippen LogP contribution in [0.15, 0.2) is 152 Å². The van der Waals surface area contributed by atoms with Crippen LogP contribution in [0.4, 0.5) is 0 Å². The molecule has 8 rings (SSSR count). The molecule has 0 bridgehead atoms. The van der Waals surface area contributed by atoms with Crippen LogP contribution in [0.2, 0.25) is 0 Å². The highest BCUT2D eigenvalue weighted by Gasteiger charge is 2.55. The number of ether oxygens (including phenoxy) is 10. The zero-order valence-corrected chi connectivity index (χ0v) is 38.3. The van der Waals surface area contributed by atoms with Crippen LogP contribution in [0.25, 0.3) is 0 Å². The quantitative estimate of drug-likeness (QED) is 0.0741. The molecule has 0 aromatic heterocycles. The average molecular weight is 967 g/mol. The first kappa shape index (κ1) is 50.9. The molecule has 3 saturated heterocycles. The summed E-state index contributed by atoms with van der Waals surface area (Å²) in [4.78, 5) is 26.2. The fourth-order valence-electron chi connectivity index (χ4n) is 8.45. The molecule has 15 atom stereocenters. The molecule has 17 nitrogen and oxygen atoms in total. The minimum Gasteiger partial charge on any atom is -0.459 e. The molecule has 70 heavy (non-hydrogen) atoms. The standard InChI is InChI=1S/C53H58O17/c1-32-44(61-27-33-17-7-2-8-18-33)47(62-28-34-19-9-3-10-20-34)48(63-29-35-21-11-4-12-22-35)53(66-32)70-46-43(57)51(60)67-39(31-65-50(59)37-25-15-6-16-26-37)45(46)69-52-42(56)41(55)40(54)38(68-52)30-64-49(58)36-23-13-5-14-24-36/h2-26,32,38-48,51-57,60H,27-31H2,1H3. The maximum atomic E-state index is 13.3. The second kappa shape index (κ2) is 24.6. The third kappa shape index (κ3) is 12.9. The van der Waals surface area contributed by atoms with Gasteiger partial charge in [0.15, 0.2) is 18.9 Å². The molecule has 15 unspecified atom stereocenters. The lowest BCUT2D eigenvalue weighted by Gasteiger charge is -2.49. The first-order valence-corrected chi connectivity index (χ1v) is 23.1. The molecular formula is C53H58O17. The largest absolute Gasteiger partial charge is 0.459 e. The summed E-state index contributed by atoms with van der Waals surface area (Å²) in [5, 5.41) is 56.7. The van der Waals surface area contributed by atoms with Crippen molar-refractivity contribution in [1.82, 2.24) is 0 Å². The van der Waals surface area contributed by atoms with Gasteiger partial charge >= 0.3 is 11.9 Å². The van der Waals surface area contributed by atoms with Crippen molar-refractivity contribution < 1.29 is 82.5 Å². The Bertz CT molecular complexity index is 2350. The molecule has 17 heteroatoms. The third-order valence-corrected chi connectivity index (χ3v) is 12.2. The molecule has 5 N–H and O–H groups in total. The van der Waals surface area contributed by atoms with Crippen LogP contribution in [-0.4, -0.2) is 143 Å². The van der Waals surface area contributed by atoms with Crippen molar-refractivity contribution in [2.75, 3.05) is 13.2 Å². The molecule has 0 aliphatic carbocycles. The molecule has 0 saturated carbocycles. The molecule has 3 aliphatic rings. The van der Waals surface area contributed by atoms with Gasteiger partial charge in [-0.15, -0.1) is 0 Å². The van der Waals surface area contributed by atoms with E-state index in [-0.39, 0.29) is 30.9 Å². The molecule has 5 aromatic carbocycles. The van der Waals surface area contributed by atoms with Gasteiger partial charge in [0.1, 0.15) is 80.4 Å². The van der Waals surface area contributed by atoms with Gasteiger partial charge in [-0.3, -0.25) is 0 Å². The lowest BCUT2D eigenvalue weighted by molar-refractivity contribution is -0.387. The van der Waals surface area contributed by atoms with Gasteiger partial charge in [-0.1, -0.05) is 127 Å². The summed E-state index contributed by atoms with van der Waals surface area (Å²) in [6.07, 6.45) is -22.4.